The minimum Gasteiger partial charge on any atom is -0.394 e. The van der Waals surface area contributed by atoms with Crippen molar-refractivity contribution in [1.82, 2.24) is 25.8 Å². The lowest BCUT2D eigenvalue weighted by Crippen LogP contribution is -2.55. The predicted octanol–water partition coefficient (Wildman–Crippen LogP) is 1.39. The Hall–Kier alpha value is -2.87. The van der Waals surface area contributed by atoms with E-state index in [0.29, 0.717) is 103 Å². The first kappa shape index (κ1) is 76.6. The summed E-state index contributed by atoms with van der Waals surface area (Å²) in [5.74, 6) is -2.28. The van der Waals surface area contributed by atoms with Crippen LogP contribution in [0.15, 0.2) is 0 Å². The van der Waals surface area contributed by atoms with Crippen molar-refractivity contribution in [3.8, 4) is 0 Å². The van der Waals surface area contributed by atoms with Gasteiger partial charge in [0.1, 0.15) is 37.1 Å². The maximum absolute atomic E-state index is 13.7. The third-order valence-electron chi connectivity index (χ3n) is 16.2. The number of carbonyl (C=O) groups excluding carboxylic acids is 6. The summed E-state index contributed by atoms with van der Waals surface area (Å²) in [5, 5.41) is 78.8. The number of aliphatic hydroxyl groups excluding tert-OH is 7. The summed E-state index contributed by atoms with van der Waals surface area (Å²) in [4.78, 5) is 90.7. The van der Waals surface area contributed by atoms with E-state index in [2.05, 4.69) is 16.0 Å². The number of Topliss-reactive ketones (excluding diaryl/α,β-unsaturated/α-hetero) is 1. The summed E-state index contributed by atoms with van der Waals surface area (Å²) < 4.78 is 57.5. The summed E-state index contributed by atoms with van der Waals surface area (Å²) in [6.45, 7) is 1.36. The highest BCUT2D eigenvalue weighted by Crippen LogP contribution is 2.44. The van der Waals surface area contributed by atoms with E-state index >= 15 is 0 Å². The van der Waals surface area contributed by atoms with E-state index in [1.807, 2.05) is 0 Å². The van der Waals surface area contributed by atoms with Crippen molar-refractivity contribution in [2.24, 2.45) is 11.8 Å². The molecular formula is C56H100N5O23P2S+. The van der Waals surface area contributed by atoms with E-state index in [1.54, 1.807) is 18.7 Å². The van der Waals surface area contributed by atoms with E-state index < -0.39 is 120 Å². The van der Waals surface area contributed by atoms with E-state index in [0.717, 1.165) is 0 Å². The summed E-state index contributed by atoms with van der Waals surface area (Å²) >= 11 is 4.97. The fourth-order valence-electron chi connectivity index (χ4n) is 10.9. The van der Waals surface area contributed by atoms with Crippen molar-refractivity contribution in [2.75, 3.05) is 72.9 Å². The summed E-state index contributed by atoms with van der Waals surface area (Å²) in [6.07, 6.45) is -1.14. The van der Waals surface area contributed by atoms with Crippen molar-refractivity contribution in [2.45, 2.75) is 235 Å². The van der Waals surface area contributed by atoms with Crippen molar-refractivity contribution in [3.63, 3.8) is 0 Å². The second kappa shape index (κ2) is 40.9. The van der Waals surface area contributed by atoms with Gasteiger partial charge in [-0.2, -0.15) is 0 Å². The van der Waals surface area contributed by atoms with E-state index in [9.17, 15) is 74.0 Å². The smallest absolute Gasteiger partial charge is 0.394 e. The maximum atomic E-state index is 13.7. The number of likely N-dealkylation sites (tertiary alicyclic amines) is 2. The van der Waals surface area contributed by atoms with Gasteiger partial charge in [0.15, 0.2) is 18.4 Å². The zero-order valence-electron chi connectivity index (χ0n) is 51.0. The molecule has 0 aromatic rings. The number of rotatable bonds is 43. The van der Waals surface area contributed by atoms with Crippen LogP contribution in [0.5, 0.6) is 0 Å². The summed E-state index contributed by atoms with van der Waals surface area (Å²) in [6, 6.07) is -1.92. The molecule has 502 valence electrons. The SMILES string of the molecule is COP(O)(=S)OC[C@@H]1CC(O[P+](=O)OC[C@@H]2C[C@@H](O)CN2C(=O)CCCCCCC(=O)[C@H](CCCCNC(=O)CCCCOC2OC(CO)C(O)C(O)C2C)NC(=O)CCCCOC2OC(CO)C(O)C(O)C2C)CN1C(=O)CCCCCNC(C)=O. The van der Waals surface area contributed by atoms with Gasteiger partial charge in [0.05, 0.1) is 62.8 Å². The fraction of sp³-hybridized carbons (Fsp3) is 0.893. The number of unbranched alkanes of at least 4 members (excludes halogenated alkanes) is 8. The highest BCUT2D eigenvalue weighted by atomic mass is 32.5. The van der Waals surface area contributed by atoms with Crippen LogP contribution in [0.25, 0.3) is 0 Å². The number of β-amino-alcohol motifs (C(OH)–C–C–N with tert-alkyl or cyclic N) is 1. The maximum Gasteiger partial charge on any atom is 0.697 e. The van der Waals surface area contributed by atoms with Gasteiger partial charge >= 0.3 is 15.0 Å². The molecule has 0 spiro atoms. The number of nitrogens with one attached hydrogen (secondary N) is 3. The number of ketones is 1. The minimum absolute atomic E-state index is 0.0687. The number of nitrogens with zero attached hydrogens (tertiary/aromatic N) is 2. The van der Waals surface area contributed by atoms with Gasteiger partial charge in [-0.25, -0.2) is 0 Å². The van der Waals surface area contributed by atoms with Crippen LogP contribution in [-0.4, -0.2) is 238 Å². The van der Waals surface area contributed by atoms with Crippen LogP contribution in [0.3, 0.4) is 0 Å². The molecule has 0 aromatic carbocycles. The minimum atomic E-state index is -3.54. The lowest BCUT2D eigenvalue weighted by atomic mass is 9.92. The molecule has 4 aliphatic heterocycles. The predicted molar refractivity (Wildman–Crippen MR) is 316 cm³/mol. The van der Waals surface area contributed by atoms with Gasteiger partial charge in [-0.1, -0.05) is 33.1 Å². The lowest BCUT2D eigenvalue weighted by Gasteiger charge is -2.40. The molecule has 13 unspecified atom stereocenters. The number of ether oxygens (including phenoxy) is 4. The largest absolute Gasteiger partial charge is 0.697 e. The third kappa shape index (κ3) is 27.5. The Labute approximate surface area is 516 Å². The van der Waals surface area contributed by atoms with E-state index in [1.165, 1.54) is 18.9 Å². The van der Waals surface area contributed by atoms with Gasteiger partial charge in [-0.15, -0.1) is 9.05 Å². The molecule has 4 heterocycles. The Morgan fingerprint density at radius 1 is 0.644 bits per heavy atom. The zero-order valence-corrected chi connectivity index (χ0v) is 53.6. The van der Waals surface area contributed by atoms with Crippen LogP contribution in [0.2, 0.25) is 0 Å². The number of hydrogen-bond donors (Lipinski definition) is 11. The van der Waals surface area contributed by atoms with Crippen LogP contribution in [0, 0.1) is 11.8 Å². The molecule has 31 heteroatoms. The Kier molecular flexibility index (Phi) is 36.0. The highest BCUT2D eigenvalue weighted by Gasteiger charge is 2.45. The van der Waals surface area contributed by atoms with Crippen LogP contribution in [0.1, 0.15) is 156 Å². The molecule has 0 bridgehead atoms. The molecule has 4 rings (SSSR count). The number of amides is 5. The van der Waals surface area contributed by atoms with E-state index in [4.69, 9.17) is 48.8 Å². The van der Waals surface area contributed by atoms with Gasteiger partial charge in [-0.05, 0) is 88.9 Å². The highest BCUT2D eigenvalue weighted by molar-refractivity contribution is 8.07. The number of hydrogen-bond acceptors (Lipinski definition) is 23. The molecule has 0 radical (unpaired) electrons. The number of aliphatic hydroxyl groups is 7. The molecule has 0 saturated carbocycles. The van der Waals surface area contributed by atoms with E-state index in [-0.39, 0.29) is 120 Å². The molecule has 0 aliphatic carbocycles. The van der Waals surface area contributed by atoms with Crippen LogP contribution in [0.4, 0.5) is 0 Å². The quantitative estimate of drug-likeness (QED) is 0.0303. The van der Waals surface area contributed by atoms with Crippen LogP contribution >= 0.6 is 15.0 Å². The normalized spacial score (nSPS) is 28.7. The Balaban J connectivity index is 1.18. The van der Waals surface area contributed by atoms with Gasteiger partial charge in [-0.3, -0.25) is 28.8 Å². The molecular weight excluding hydrogens is 1200 g/mol. The van der Waals surface area contributed by atoms with Gasteiger partial charge in [0.2, 0.25) is 29.5 Å². The first-order chi connectivity index (χ1) is 41.5. The molecule has 11 N–H and O–H groups in total. The first-order valence-corrected chi connectivity index (χ1v) is 34.6. The molecule has 87 heavy (non-hydrogen) atoms. The fourth-order valence-corrected chi connectivity index (χ4v) is 12.3. The van der Waals surface area contributed by atoms with Crippen LogP contribution in [-0.2, 0) is 82.2 Å². The average molecular weight is 1310 g/mol. The summed E-state index contributed by atoms with van der Waals surface area (Å²) in [7, 11) is -1.50. The molecule has 4 aliphatic rings. The molecule has 4 fully saturated rings. The van der Waals surface area contributed by atoms with Crippen molar-refractivity contribution in [1.29, 1.82) is 0 Å². The Bertz CT molecular complexity index is 2160. The Morgan fingerprint density at radius 3 is 1.71 bits per heavy atom. The molecule has 4 saturated heterocycles. The van der Waals surface area contributed by atoms with Crippen molar-refractivity contribution < 1.29 is 111 Å². The van der Waals surface area contributed by atoms with Crippen molar-refractivity contribution >= 4 is 62.1 Å². The second-order valence-electron chi connectivity index (χ2n) is 23.1. The first-order valence-electron chi connectivity index (χ1n) is 30.9. The van der Waals surface area contributed by atoms with Gasteiger partial charge in [0.25, 0.3) is 0 Å². The van der Waals surface area contributed by atoms with Crippen molar-refractivity contribution in [3.05, 3.63) is 0 Å². The average Bonchev–Trinajstić information content (AvgIpc) is 1.82. The Morgan fingerprint density at radius 2 is 1.15 bits per heavy atom. The monoisotopic (exact) mass is 1300 g/mol. The third-order valence-corrected chi connectivity index (χ3v) is 18.7. The second-order valence-corrected chi connectivity index (χ2v) is 27.0. The molecule has 0 aromatic heterocycles. The topological polar surface area (TPSA) is 398 Å². The van der Waals surface area contributed by atoms with Crippen LogP contribution < -0.4 is 16.0 Å². The number of carbonyl (C=O) groups is 6. The molecule has 17 atom stereocenters. The molecule has 5 amide bonds. The zero-order chi connectivity index (χ0) is 64.1. The lowest BCUT2D eigenvalue weighted by molar-refractivity contribution is -0.282. The summed E-state index contributed by atoms with van der Waals surface area (Å²) in [5.41, 5.74) is 0. The van der Waals surface area contributed by atoms with Gasteiger partial charge < -0.3 is 94.4 Å². The van der Waals surface area contributed by atoms with Gasteiger partial charge in [0, 0.05) is 102 Å². The standard InChI is InChI=1S/C56H99N5O23P2S/c1-36-51(71)53(73)45(32-62)82-55(36)78-26-16-12-20-47(67)58-25-15-11-18-43(59-48(68)21-13-17-27-79-56-37(2)52(72)54(74)46(33-63)83-56)44(66)19-8-5-6-9-22-49(69)60-30-41(65)28-39(60)34-80-85(75)84-42-29-40(35-81-86(76,87)77-4)61(31-42)50(70)23-10-7-14-24-57-38(3)64/h36-37,39-43,45-46,51-56,62-63,65,71-74H,5-35H2,1-4H3,(H3-,57,58,59,64,67,68,76,87)/p+1/t36?,37?,39-,40-,41+,42?,43-,45?,46?,51?,52?,53?,54?,55?,56?,86?/m0/s1. The molecule has 28 nitrogen and oxygen atoms in total.